The quantitative estimate of drug-likeness (QED) is 0.0342. The highest BCUT2D eigenvalue weighted by atomic mass is 16.7. The Morgan fingerprint density at radius 3 is 1.12 bits per heavy atom. The van der Waals surface area contributed by atoms with Crippen LogP contribution in [0.15, 0.2) is 233 Å². The van der Waals surface area contributed by atoms with Gasteiger partial charge >= 0.3 is 5.95 Å². The van der Waals surface area contributed by atoms with Gasteiger partial charge in [0.2, 0.25) is 87.4 Å². The number of carbonyl (C=O) groups is 4. The summed E-state index contributed by atoms with van der Waals surface area (Å²) in [5, 5.41) is 15.6. The number of nitrogens with zero attached hydrogens (tertiary/aromatic N) is 4. The predicted octanol–water partition coefficient (Wildman–Crippen LogP) is 16.0. The Balaban J connectivity index is 0.0000000996. The number of ether oxygens (including phenoxy) is 24. The summed E-state index contributed by atoms with van der Waals surface area (Å²) in [6.07, 6.45) is 8.14. The third kappa shape index (κ3) is 20.2. The first-order valence-electron chi connectivity index (χ1n) is 48.7. The number of likely N-dealkylation sites (tertiary alicyclic amines) is 1. The summed E-state index contributed by atoms with van der Waals surface area (Å²) in [7, 11) is 4.28. The van der Waals surface area contributed by atoms with Gasteiger partial charge in [-0.15, -0.1) is 0 Å². The average Bonchev–Trinajstić information content (AvgIpc) is 1.61. The van der Waals surface area contributed by atoms with E-state index in [4.69, 9.17) is 118 Å². The number of hydrogen-bond acceptors (Lipinski definition) is 34. The van der Waals surface area contributed by atoms with Gasteiger partial charge in [-0.05, 0) is 272 Å². The number of fused-ring (bicyclic) bond motifs is 14. The van der Waals surface area contributed by atoms with E-state index in [2.05, 4.69) is 74.8 Å². The maximum atomic E-state index is 13.7. The minimum Gasteiger partial charge on any atom is -0.479 e. The molecule has 6 unspecified atom stereocenters. The lowest BCUT2D eigenvalue weighted by Crippen LogP contribution is -2.53. The zero-order valence-electron chi connectivity index (χ0n) is 80.6. The second-order valence-corrected chi connectivity index (χ2v) is 37.3. The molecule has 1 aromatic heterocycles. The normalized spacial score (nSPS) is 19.1. The van der Waals surface area contributed by atoms with E-state index < -0.39 is 11.8 Å². The first-order valence-corrected chi connectivity index (χ1v) is 48.7. The van der Waals surface area contributed by atoms with Gasteiger partial charge in [0.15, 0.2) is 144 Å². The summed E-state index contributed by atoms with van der Waals surface area (Å²) in [6.45, 7) is 4.81. The van der Waals surface area contributed by atoms with Gasteiger partial charge < -0.3 is 139 Å². The van der Waals surface area contributed by atoms with Gasteiger partial charge in [0.25, 0.3) is 11.8 Å². The summed E-state index contributed by atoms with van der Waals surface area (Å²) in [4.78, 5) is 66.4. The molecule has 13 aromatic rings. The van der Waals surface area contributed by atoms with Crippen LogP contribution in [-0.4, -0.2) is 170 Å². The van der Waals surface area contributed by atoms with Gasteiger partial charge in [0.1, 0.15) is 17.3 Å². The summed E-state index contributed by atoms with van der Waals surface area (Å²) < 4.78 is 136. The van der Waals surface area contributed by atoms with Crippen molar-refractivity contribution in [2.24, 2.45) is 28.7 Å². The number of aliphatic imine (C=N–C) groups is 1. The molecule has 149 heavy (non-hydrogen) atoms. The van der Waals surface area contributed by atoms with Crippen LogP contribution < -0.4 is 124 Å². The number of piperidine rings is 2. The number of benzene rings is 12. The van der Waals surface area contributed by atoms with Crippen molar-refractivity contribution in [1.82, 2.24) is 25.4 Å². The zero-order valence-corrected chi connectivity index (χ0v) is 80.6. The number of aromatic hydroxyl groups is 1. The molecular formula is C113H98N6O30. The van der Waals surface area contributed by atoms with E-state index in [1.54, 1.807) is 72.8 Å². The van der Waals surface area contributed by atoms with Gasteiger partial charge in [-0.25, -0.2) is 4.98 Å². The van der Waals surface area contributed by atoms with Crippen molar-refractivity contribution < 1.29 is 142 Å². The molecule has 6 atom stereocenters. The number of rotatable bonds is 21. The van der Waals surface area contributed by atoms with E-state index in [-0.39, 0.29) is 141 Å². The van der Waals surface area contributed by atoms with Crippen molar-refractivity contribution in [2.45, 2.75) is 69.6 Å². The highest BCUT2D eigenvalue weighted by molar-refractivity contribution is 6.05. The van der Waals surface area contributed by atoms with E-state index in [9.17, 15) is 24.3 Å². The van der Waals surface area contributed by atoms with Gasteiger partial charge in [0, 0.05) is 72.4 Å². The standard InChI is InChI=1S/C26H20N2O8.C24H25NO5.C22H23NO5.C22H16O6.C19H14N2O6/c29-25(17-3-6-21-24(10-17)36-14-33-21)28-18(7-15-1-4-19-22(8-15)34-12-31-19)26(30)27-11-16-2-5-20-23(9-16)35-13-32-20;1-25-18-4-5-19(25)17(9-15-3-7-21-23(11-15)30-13-28-21)24(26)16(18)8-14-2-6-20-22(10-14)29-12-27-20;1-23-10-16(6-14-2-4-18-20(8-14)27-12-25-18)22(24)17(11-23)7-15-3-5-19-21(9-15)28-13-26-19;1-4-16-19(26-10-23-16)7-13(1)22(14-2-5-17-20(8-14)27-11-24-17)15-3-6-18-21(9-15)28-12-25-18;22-19-13(8-20-7-11-1-3-14-16(5-11)25-9-23-14)21-18(27-19)12-2-4-15-17(6-12)26-10-24-15/h1-10H,11-14H2,(H,27,30)(H,28,29);2-3,6-7,10-11,16-19H,4-5,8-9,12-13H2,1H3;2-5,8-9,16-17H,6-7,10-13H2,1H3;1-9,22H,10-12H2;1-6,8,22H,7,9-10H2/b18-7+;;;;. The molecular weight excluding hydrogens is 1920 g/mol. The molecule has 28 rings (SSSR count). The molecule has 2 amide bonds. The summed E-state index contributed by atoms with van der Waals surface area (Å²) in [5.74, 6) is 16.7. The van der Waals surface area contributed by atoms with E-state index in [0.29, 0.717) is 98.6 Å². The average molecular weight is 2020 g/mol. The van der Waals surface area contributed by atoms with Crippen LogP contribution in [0.5, 0.6) is 144 Å². The number of oxazole rings is 1. The van der Waals surface area contributed by atoms with Crippen LogP contribution in [0.3, 0.4) is 0 Å². The molecule has 36 heteroatoms. The van der Waals surface area contributed by atoms with E-state index >= 15 is 0 Å². The molecule has 760 valence electrons. The van der Waals surface area contributed by atoms with Crippen LogP contribution in [0, 0.1) is 23.7 Å². The van der Waals surface area contributed by atoms with E-state index in [1.165, 1.54) is 6.21 Å². The Kier molecular flexibility index (Phi) is 25.9. The van der Waals surface area contributed by atoms with Gasteiger partial charge in [-0.2, -0.15) is 0 Å². The lowest BCUT2D eigenvalue weighted by atomic mass is 9.76. The molecule has 12 aromatic carbocycles. The molecule has 3 saturated heterocycles. The second kappa shape index (κ2) is 41.2. The number of amides is 2. The van der Waals surface area contributed by atoms with Crippen LogP contribution in [0.4, 0.5) is 0 Å². The van der Waals surface area contributed by atoms with Gasteiger partial charge in [-0.1, -0.05) is 60.7 Å². The van der Waals surface area contributed by atoms with Gasteiger partial charge in [-0.3, -0.25) is 29.1 Å². The van der Waals surface area contributed by atoms with Crippen LogP contribution in [0.25, 0.3) is 17.5 Å². The number of ketones is 2. The fourth-order valence-corrected chi connectivity index (χ4v) is 20.7. The van der Waals surface area contributed by atoms with Gasteiger partial charge in [0.05, 0.1) is 12.8 Å². The highest BCUT2D eigenvalue weighted by Gasteiger charge is 2.51. The number of aromatic nitrogens is 1. The van der Waals surface area contributed by atoms with Crippen molar-refractivity contribution in [3.05, 3.63) is 291 Å². The van der Waals surface area contributed by atoms with Crippen LogP contribution in [-0.2, 0) is 53.2 Å². The molecule has 0 saturated carbocycles. The van der Waals surface area contributed by atoms with Crippen LogP contribution in [0.2, 0.25) is 0 Å². The summed E-state index contributed by atoms with van der Waals surface area (Å²) in [5.41, 5.74) is 11.5. The zero-order chi connectivity index (χ0) is 101. The molecule has 3 fully saturated rings. The molecule has 15 aliphatic heterocycles. The summed E-state index contributed by atoms with van der Waals surface area (Å²) in [6, 6.07) is 69.2. The minimum atomic E-state index is -0.474. The Morgan fingerprint density at radius 1 is 0.369 bits per heavy atom. The molecule has 36 nitrogen and oxygen atoms in total. The fourth-order valence-electron chi connectivity index (χ4n) is 20.7. The lowest BCUT2D eigenvalue weighted by molar-refractivity contribution is -0.134. The first-order chi connectivity index (χ1) is 73.0. The molecule has 2 bridgehead atoms. The van der Waals surface area contributed by atoms with Crippen molar-refractivity contribution in [3.63, 3.8) is 0 Å². The maximum absolute atomic E-state index is 13.7. The fraction of sp³-hybridized carbons (Fsp3) is 0.274. The lowest BCUT2D eigenvalue weighted by Gasteiger charge is -2.41. The SMILES string of the molecule is CN1C2CCC1C(Cc1ccc3c(c1)OCO3)C(=O)C2Cc1ccc2c(c1)OCO2.CN1CC(Cc2ccc3c(c2)OCO3)C(=O)C(Cc2ccc3c(c2)OCO3)C1.O=C(NCc1ccc2c(c1)OCO2)/C(=C\c1ccc2c(c1)OCO2)NC(=O)c1ccc2c(c1)OCO2.Oc1oc(-c2ccc3c(c2)OCO3)nc1C=NCc1ccc2c(c1)OCO2.c1cc2c(cc1C(c1ccc3c(c1)OCO3)c1ccc3c(c1)OCO3)OCO2. The topological polar surface area (TPSA) is 379 Å². The second-order valence-electron chi connectivity index (χ2n) is 37.3. The molecule has 3 N–H and O–H groups in total. The molecule has 0 radical (unpaired) electrons. The van der Waals surface area contributed by atoms with Crippen LogP contribution in [0.1, 0.15) is 90.4 Å². The highest BCUT2D eigenvalue weighted by Crippen LogP contribution is 2.50. The number of nitrogens with one attached hydrogen (secondary N) is 2. The Labute approximate surface area is 852 Å². The number of hydrogen-bond donors (Lipinski definition) is 3. The number of Topliss-reactive ketones (excluding diaryl/α,β-unsaturated/α-hetero) is 2. The van der Waals surface area contributed by atoms with Crippen molar-refractivity contribution in [1.29, 1.82) is 0 Å². The minimum absolute atomic E-state index is 0.00753. The largest absolute Gasteiger partial charge is 0.479 e. The Morgan fingerprint density at radius 2 is 0.698 bits per heavy atom. The predicted molar refractivity (Wildman–Crippen MR) is 528 cm³/mol. The summed E-state index contributed by atoms with van der Waals surface area (Å²) >= 11 is 0. The third-order valence-corrected chi connectivity index (χ3v) is 28.1. The molecule has 16 heterocycles. The Hall–Kier alpha value is -17.5. The molecule has 0 aliphatic carbocycles. The first kappa shape index (κ1) is 93.8. The third-order valence-electron chi connectivity index (χ3n) is 28.1. The van der Waals surface area contributed by atoms with Crippen molar-refractivity contribution in [3.8, 4) is 155 Å². The Bertz CT molecular complexity index is 7150. The molecule has 0 spiro atoms. The monoisotopic (exact) mass is 2020 g/mol. The van der Waals surface area contributed by atoms with E-state index in [1.807, 2.05) is 121 Å². The van der Waals surface area contributed by atoms with Crippen LogP contribution >= 0.6 is 0 Å². The van der Waals surface area contributed by atoms with Crippen molar-refractivity contribution >= 4 is 35.7 Å². The van der Waals surface area contributed by atoms with E-state index in [0.717, 1.165) is 188 Å². The number of carbonyl (C=O) groups excluding carboxylic acids is 4. The maximum Gasteiger partial charge on any atom is 0.312 e. The smallest absolute Gasteiger partial charge is 0.312 e. The van der Waals surface area contributed by atoms with Crippen molar-refractivity contribution in [2.75, 3.05) is 109 Å². The molecule has 15 aliphatic rings.